The van der Waals surface area contributed by atoms with Gasteiger partial charge in [-0.15, -0.1) is 0 Å². The molecule has 1 aromatic rings. The van der Waals surface area contributed by atoms with E-state index in [9.17, 15) is 4.39 Å². The van der Waals surface area contributed by atoms with Crippen LogP contribution in [-0.4, -0.2) is 33.0 Å². The predicted octanol–water partition coefficient (Wildman–Crippen LogP) is 1.24. The third-order valence-electron chi connectivity index (χ3n) is 2.38. The first-order chi connectivity index (χ1) is 7.18. The number of rotatable bonds is 2. The number of aliphatic imine (C=N–C) groups is 1. The lowest BCUT2D eigenvalue weighted by atomic mass is 10.1. The van der Waals surface area contributed by atoms with E-state index in [2.05, 4.69) is 10.3 Å². The molecule has 0 fully saturated rings. The zero-order valence-corrected chi connectivity index (χ0v) is 8.92. The van der Waals surface area contributed by atoms with Crippen LogP contribution in [0.4, 0.5) is 10.1 Å². The number of benzene rings is 1. The van der Waals surface area contributed by atoms with Crippen molar-refractivity contribution < 1.29 is 4.39 Å². The first kappa shape index (κ1) is 9.96. The maximum Gasteiger partial charge on any atom is 0.147 e. The van der Waals surface area contributed by atoms with Crippen molar-refractivity contribution in [3.8, 4) is 0 Å². The van der Waals surface area contributed by atoms with Crippen molar-refractivity contribution in [2.75, 3.05) is 32.1 Å². The summed E-state index contributed by atoms with van der Waals surface area (Å²) >= 11 is 0. The SMILES string of the molecule is CN(C)c1ccc(C2=NCCN2)cc1F. The average molecular weight is 207 g/mol. The highest BCUT2D eigenvalue weighted by Crippen LogP contribution is 2.18. The quantitative estimate of drug-likeness (QED) is 0.790. The van der Waals surface area contributed by atoms with Gasteiger partial charge in [-0.2, -0.15) is 0 Å². The van der Waals surface area contributed by atoms with Gasteiger partial charge < -0.3 is 10.2 Å². The smallest absolute Gasteiger partial charge is 0.147 e. The van der Waals surface area contributed by atoms with Gasteiger partial charge in [-0.1, -0.05) is 0 Å². The molecule has 0 radical (unpaired) electrons. The molecule has 0 atom stereocenters. The van der Waals surface area contributed by atoms with E-state index >= 15 is 0 Å². The van der Waals surface area contributed by atoms with E-state index in [1.54, 1.807) is 11.0 Å². The molecule has 2 rings (SSSR count). The largest absolute Gasteiger partial charge is 0.375 e. The molecule has 1 aliphatic heterocycles. The summed E-state index contributed by atoms with van der Waals surface area (Å²) in [6, 6.07) is 5.18. The Hall–Kier alpha value is -1.58. The fourth-order valence-electron chi connectivity index (χ4n) is 1.61. The molecule has 0 amide bonds. The highest BCUT2D eigenvalue weighted by molar-refractivity contribution is 6.00. The first-order valence-corrected chi connectivity index (χ1v) is 4.94. The molecule has 0 bridgehead atoms. The van der Waals surface area contributed by atoms with Crippen molar-refractivity contribution >= 4 is 11.5 Å². The van der Waals surface area contributed by atoms with Crippen LogP contribution in [0.15, 0.2) is 23.2 Å². The summed E-state index contributed by atoms with van der Waals surface area (Å²) in [7, 11) is 3.65. The molecule has 0 spiro atoms. The molecule has 4 heteroatoms. The Bertz CT molecular complexity index is 399. The van der Waals surface area contributed by atoms with E-state index in [0.717, 1.165) is 24.5 Å². The number of halogens is 1. The van der Waals surface area contributed by atoms with Crippen LogP contribution < -0.4 is 10.2 Å². The summed E-state index contributed by atoms with van der Waals surface area (Å²) in [5.41, 5.74) is 1.41. The zero-order chi connectivity index (χ0) is 10.8. The van der Waals surface area contributed by atoms with Crippen molar-refractivity contribution in [1.29, 1.82) is 0 Å². The van der Waals surface area contributed by atoms with Gasteiger partial charge in [-0.25, -0.2) is 4.39 Å². The maximum absolute atomic E-state index is 13.6. The number of nitrogens with one attached hydrogen (secondary N) is 1. The van der Waals surface area contributed by atoms with Crippen molar-refractivity contribution in [1.82, 2.24) is 5.32 Å². The summed E-state index contributed by atoms with van der Waals surface area (Å²) in [6.07, 6.45) is 0. The van der Waals surface area contributed by atoms with Crippen molar-refractivity contribution in [3.63, 3.8) is 0 Å². The Morgan fingerprint density at radius 3 is 2.73 bits per heavy atom. The van der Waals surface area contributed by atoms with Gasteiger partial charge in [0.2, 0.25) is 0 Å². The van der Waals surface area contributed by atoms with Gasteiger partial charge in [0.05, 0.1) is 12.2 Å². The van der Waals surface area contributed by atoms with Gasteiger partial charge in [-0.05, 0) is 18.2 Å². The van der Waals surface area contributed by atoms with Crippen LogP contribution in [0, 0.1) is 5.82 Å². The summed E-state index contributed by atoms with van der Waals surface area (Å²) in [5, 5.41) is 3.12. The van der Waals surface area contributed by atoms with E-state index in [-0.39, 0.29) is 5.82 Å². The highest BCUT2D eigenvalue weighted by atomic mass is 19.1. The number of hydrogen-bond acceptors (Lipinski definition) is 3. The normalized spacial score (nSPS) is 14.7. The second-order valence-electron chi connectivity index (χ2n) is 3.72. The number of amidine groups is 1. The zero-order valence-electron chi connectivity index (χ0n) is 8.92. The second-order valence-corrected chi connectivity index (χ2v) is 3.72. The Morgan fingerprint density at radius 2 is 2.20 bits per heavy atom. The summed E-state index contributed by atoms with van der Waals surface area (Å²) in [6.45, 7) is 1.61. The van der Waals surface area contributed by atoms with Gasteiger partial charge in [0.15, 0.2) is 0 Å². The topological polar surface area (TPSA) is 27.6 Å². The van der Waals surface area contributed by atoms with Gasteiger partial charge in [0.25, 0.3) is 0 Å². The van der Waals surface area contributed by atoms with Crippen LogP contribution in [0.5, 0.6) is 0 Å². The molecule has 1 N–H and O–H groups in total. The summed E-state index contributed by atoms with van der Waals surface area (Å²) < 4.78 is 13.6. The Morgan fingerprint density at radius 1 is 1.40 bits per heavy atom. The van der Waals surface area contributed by atoms with Crippen LogP contribution in [0.2, 0.25) is 0 Å². The molecule has 0 saturated heterocycles. The van der Waals surface area contributed by atoms with E-state index in [0.29, 0.717) is 5.69 Å². The lowest BCUT2D eigenvalue weighted by Crippen LogP contribution is -2.20. The Kier molecular flexibility index (Phi) is 2.58. The van der Waals surface area contributed by atoms with Gasteiger partial charge in [0.1, 0.15) is 11.7 Å². The number of hydrogen-bond donors (Lipinski definition) is 1. The third kappa shape index (κ3) is 1.93. The molecule has 1 heterocycles. The van der Waals surface area contributed by atoms with Crippen molar-refractivity contribution in [3.05, 3.63) is 29.6 Å². The van der Waals surface area contributed by atoms with E-state index in [1.807, 2.05) is 20.2 Å². The fourth-order valence-corrected chi connectivity index (χ4v) is 1.61. The second kappa shape index (κ2) is 3.88. The fraction of sp³-hybridized carbons (Fsp3) is 0.364. The van der Waals surface area contributed by atoms with Gasteiger partial charge >= 0.3 is 0 Å². The molecule has 1 aliphatic rings. The molecule has 0 aromatic heterocycles. The first-order valence-electron chi connectivity index (χ1n) is 4.94. The molecule has 15 heavy (non-hydrogen) atoms. The van der Waals surface area contributed by atoms with Gasteiger partial charge in [0, 0.05) is 26.2 Å². The minimum atomic E-state index is -0.214. The van der Waals surface area contributed by atoms with Crippen molar-refractivity contribution in [2.45, 2.75) is 0 Å². The molecule has 0 saturated carbocycles. The predicted molar refractivity (Wildman–Crippen MR) is 60.1 cm³/mol. The van der Waals surface area contributed by atoms with Crippen LogP contribution >= 0.6 is 0 Å². The number of anilines is 1. The van der Waals surface area contributed by atoms with Crippen LogP contribution in [0.25, 0.3) is 0 Å². The lowest BCUT2D eigenvalue weighted by Gasteiger charge is -2.14. The molecular formula is C11H14FN3. The Balaban J connectivity index is 2.33. The van der Waals surface area contributed by atoms with Crippen LogP contribution in [0.1, 0.15) is 5.56 Å². The third-order valence-corrected chi connectivity index (χ3v) is 2.38. The van der Waals surface area contributed by atoms with E-state index in [4.69, 9.17) is 0 Å². The lowest BCUT2D eigenvalue weighted by molar-refractivity contribution is 0.626. The van der Waals surface area contributed by atoms with Gasteiger partial charge in [-0.3, -0.25) is 4.99 Å². The highest BCUT2D eigenvalue weighted by Gasteiger charge is 2.11. The van der Waals surface area contributed by atoms with Crippen molar-refractivity contribution in [2.24, 2.45) is 4.99 Å². The monoisotopic (exact) mass is 207 g/mol. The van der Waals surface area contributed by atoms with E-state index in [1.165, 1.54) is 6.07 Å². The molecule has 1 aromatic carbocycles. The van der Waals surface area contributed by atoms with Crippen LogP contribution in [0.3, 0.4) is 0 Å². The maximum atomic E-state index is 13.6. The minimum Gasteiger partial charge on any atom is -0.375 e. The molecule has 80 valence electrons. The Labute approximate surface area is 88.6 Å². The van der Waals surface area contributed by atoms with E-state index < -0.39 is 0 Å². The standard InChI is InChI=1S/C11H14FN3/c1-15(2)10-4-3-8(7-9(10)12)11-13-5-6-14-11/h3-4,7H,5-6H2,1-2H3,(H,13,14). The molecule has 0 aliphatic carbocycles. The molecule has 0 unspecified atom stereocenters. The van der Waals surface area contributed by atoms with Crippen LogP contribution in [-0.2, 0) is 0 Å². The molecular weight excluding hydrogens is 193 g/mol. The summed E-state index contributed by atoms with van der Waals surface area (Å²) in [4.78, 5) is 6.00. The number of nitrogens with zero attached hydrogens (tertiary/aromatic N) is 2. The minimum absolute atomic E-state index is 0.214. The summed E-state index contributed by atoms with van der Waals surface area (Å²) in [5.74, 6) is 0.577. The molecule has 3 nitrogen and oxygen atoms in total. The average Bonchev–Trinajstić information content (AvgIpc) is 2.69.